The van der Waals surface area contributed by atoms with E-state index < -0.39 is 12.7 Å². The van der Waals surface area contributed by atoms with Crippen LogP contribution in [0.15, 0.2) is 22.7 Å². The minimum absolute atomic E-state index is 0.313. The van der Waals surface area contributed by atoms with Gasteiger partial charge in [-0.15, -0.1) is 0 Å². The van der Waals surface area contributed by atoms with Crippen molar-refractivity contribution < 1.29 is 13.2 Å². The molecule has 6 heteroatoms. The molecule has 98 valence electrons. The van der Waals surface area contributed by atoms with Crippen molar-refractivity contribution in [3.05, 3.63) is 28.2 Å². The first-order valence-electron chi connectivity index (χ1n) is 5.27. The average Bonchev–Trinajstić information content (AvgIpc) is 2.23. The van der Waals surface area contributed by atoms with Gasteiger partial charge in [0.25, 0.3) is 0 Å². The first-order valence-corrected chi connectivity index (χ1v) is 6.06. The fourth-order valence-corrected chi connectivity index (χ4v) is 2.05. The van der Waals surface area contributed by atoms with Crippen molar-refractivity contribution >= 4 is 21.6 Å². The van der Waals surface area contributed by atoms with Gasteiger partial charge in [0.1, 0.15) is 6.54 Å². The predicted molar refractivity (Wildman–Crippen MR) is 67.4 cm³/mol. The number of alkyl halides is 3. The van der Waals surface area contributed by atoms with Crippen molar-refractivity contribution in [2.75, 3.05) is 11.4 Å². The zero-order valence-electron chi connectivity index (χ0n) is 9.92. The van der Waals surface area contributed by atoms with E-state index in [9.17, 15) is 13.2 Å². The number of nitrogens with zero attached hydrogens (tertiary/aromatic N) is 2. The lowest BCUT2D eigenvalue weighted by Crippen LogP contribution is -2.39. The van der Waals surface area contributed by atoms with Crippen LogP contribution < -0.4 is 4.90 Å². The summed E-state index contributed by atoms with van der Waals surface area (Å²) in [4.78, 5) is 1.21. The predicted octanol–water partition coefficient (Wildman–Crippen LogP) is 4.10. The van der Waals surface area contributed by atoms with Crippen LogP contribution in [0.2, 0.25) is 0 Å². The summed E-state index contributed by atoms with van der Waals surface area (Å²) in [5, 5.41) is 8.83. The maximum atomic E-state index is 12.5. The van der Waals surface area contributed by atoms with Gasteiger partial charge in [0.05, 0.1) is 11.6 Å². The van der Waals surface area contributed by atoms with Gasteiger partial charge in [-0.2, -0.15) is 18.4 Å². The van der Waals surface area contributed by atoms with E-state index in [2.05, 4.69) is 15.9 Å². The Bertz CT molecular complexity index is 463. The molecule has 0 radical (unpaired) electrons. The summed E-state index contributed by atoms with van der Waals surface area (Å²) in [5.41, 5.74) is 0.709. The lowest BCUT2D eigenvalue weighted by molar-refractivity contribution is -0.120. The molecule has 0 aliphatic rings. The molecule has 0 saturated carbocycles. The van der Waals surface area contributed by atoms with Crippen LogP contribution >= 0.6 is 15.9 Å². The number of halogens is 4. The van der Waals surface area contributed by atoms with E-state index in [1.165, 1.54) is 11.0 Å². The Morgan fingerprint density at radius 1 is 1.33 bits per heavy atom. The fraction of sp³-hybridized carbons (Fsp3) is 0.417. The second kappa shape index (κ2) is 5.61. The van der Waals surface area contributed by atoms with Gasteiger partial charge in [-0.25, -0.2) is 0 Å². The molecule has 0 heterocycles. The fourth-order valence-electron chi connectivity index (χ4n) is 1.57. The van der Waals surface area contributed by atoms with Crippen molar-refractivity contribution in [1.82, 2.24) is 0 Å². The summed E-state index contributed by atoms with van der Waals surface area (Å²) >= 11 is 3.19. The molecule has 0 amide bonds. The number of nitriles is 1. The van der Waals surface area contributed by atoms with Crippen molar-refractivity contribution in [3.63, 3.8) is 0 Å². The van der Waals surface area contributed by atoms with E-state index in [0.717, 1.165) is 0 Å². The van der Waals surface area contributed by atoms with E-state index in [1.807, 2.05) is 6.07 Å². The lowest BCUT2D eigenvalue weighted by atomic mass is 10.1. The maximum absolute atomic E-state index is 12.5. The Hall–Kier alpha value is -1.22. The summed E-state index contributed by atoms with van der Waals surface area (Å²) in [5.74, 6) is 0. The van der Waals surface area contributed by atoms with Gasteiger partial charge in [-0.3, -0.25) is 0 Å². The first kappa shape index (κ1) is 14.8. The molecule has 1 aromatic rings. The molecule has 0 saturated heterocycles. The van der Waals surface area contributed by atoms with Crippen LogP contribution in [0.25, 0.3) is 0 Å². The standard InChI is InChI=1S/C12H12BrF3N2/c1-8(2)18(7-12(14,15)16)11-4-9(6-17)3-10(13)5-11/h3-5,8H,7H2,1-2H3. The maximum Gasteiger partial charge on any atom is 0.405 e. The van der Waals surface area contributed by atoms with Crippen molar-refractivity contribution in [2.45, 2.75) is 26.1 Å². The van der Waals surface area contributed by atoms with Gasteiger partial charge in [-0.05, 0) is 32.0 Å². The highest BCUT2D eigenvalue weighted by Gasteiger charge is 2.32. The van der Waals surface area contributed by atoms with Crippen LogP contribution in [0.4, 0.5) is 18.9 Å². The zero-order valence-corrected chi connectivity index (χ0v) is 11.5. The van der Waals surface area contributed by atoms with E-state index >= 15 is 0 Å². The minimum atomic E-state index is -4.28. The molecule has 0 aliphatic carbocycles. The van der Waals surface area contributed by atoms with Crippen LogP contribution in [-0.4, -0.2) is 18.8 Å². The van der Waals surface area contributed by atoms with Crippen LogP contribution in [-0.2, 0) is 0 Å². The van der Waals surface area contributed by atoms with Gasteiger partial charge in [0, 0.05) is 16.2 Å². The topological polar surface area (TPSA) is 27.0 Å². The normalized spacial score (nSPS) is 11.4. The highest BCUT2D eigenvalue weighted by atomic mass is 79.9. The summed E-state index contributed by atoms with van der Waals surface area (Å²) in [6.07, 6.45) is -4.28. The third-order valence-electron chi connectivity index (χ3n) is 2.32. The Kier molecular flexibility index (Phi) is 4.63. The molecule has 0 spiro atoms. The summed E-state index contributed by atoms with van der Waals surface area (Å²) in [7, 11) is 0. The Morgan fingerprint density at radius 3 is 2.39 bits per heavy atom. The lowest BCUT2D eigenvalue weighted by Gasteiger charge is -2.30. The van der Waals surface area contributed by atoms with Gasteiger partial charge in [-0.1, -0.05) is 15.9 Å². The summed E-state index contributed by atoms with van der Waals surface area (Å²) < 4.78 is 38.1. The molecule has 2 nitrogen and oxygen atoms in total. The molecule has 0 bridgehead atoms. The molecule has 0 aliphatic heterocycles. The molecule has 1 aromatic carbocycles. The van der Waals surface area contributed by atoms with Crippen molar-refractivity contribution in [2.24, 2.45) is 0 Å². The van der Waals surface area contributed by atoms with E-state index in [-0.39, 0.29) is 6.04 Å². The number of hydrogen-bond acceptors (Lipinski definition) is 2. The van der Waals surface area contributed by atoms with Gasteiger partial charge in [0.15, 0.2) is 0 Å². The van der Waals surface area contributed by atoms with Crippen molar-refractivity contribution in [3.8, 4) is 6.07 Å². The molecule has 18 heavy (non-hydrogen) atoms. The molecule has 0 aromatic heterocycles. The van der Waals surface area contributed by atoms with Crippen molar-refractivity contribution in [1.29, 1.82) is 5.26 Å². The molecule has 0 unspecified atom stereocenters. The molecular weight excluding hydrogens is 309 g/mol. The van der Waals surface area contributed by atoms with Crippen LogP contribution in [0.3, 0.4) is 0 Å². The number of benzene rings is 1. The second-order valence-corrected chi connectivity index (χ2v) is 5.06. The Labute approximate surface area is 112 Å². The second-order valence-electron chi connectivity index (χ2n) is 4.15. The highest BCUT2D eigenvalue weighted by Crippen LogP contribution is 2.27. The number of rotatable bonds is 3. The summed E-state index contributed by atoms with van der Waals surface area (Å²) in [6, 6.07) is 6.21. The summed E-state index contributed by atoms with van der Waals surface area (Å²) in [6.45, 7) is 2.32. The van der Waals surface area contributed by atoms with Gasteiger partial charge in [0.2, 0.25) is 0 Å². The molecule has 1 rings (SSSR count). The van der Waals surface area contributed by atoms with Crippen LogP contribution in [0.5, 0.6) is 0 Å². The van der Waals surface area contributed by atoms with Crippen LogP contribution in [0, 0.1) is 11.3 Å². The zero-order chi connectivity index (χ0) is 13.9. The Morgan fingerprint density at radius 2 is 1.94 bits per heavy atom. The largest absolute Gasteiger partial charge is 0.405 e. The number of hydrogen-bond donors (Lipinski definition) is 0. The number of anilines is 1. The molecular formula is C12H12BrF3N2. The van der Waals surface area contributed by atoms with Gasteiger partial charge < -0.3 is 4.90 Å². The quantitative estimate of drug-likeness (QED) is 0.838. The molecule has 0 atom stereocenters. The highest BCUT2D eigenvalue weighted by molar-refractivity contribution is 9.10. The minimum Gasteiger partial charge on any atom is -0.360 e. The third kappa shape index (κ3) is 4.22. The van der Waals surface area contributed by atoms with E-state index in [4.69, 9.17) is 5.26 Å². The third-order valence-corrected chi connectivity index (χ3v) is 2.77. The van der Waals surface area contributed by atoms with E-state index in [1.54, 1.807) is 26.0 Å². The monoisotopic (exact) mass is 320 g/mol. The molecule has 0 fully saturated rings. The Balaban J connectivity index is 3.14. The van der Waals surface area contributed by atoms with Gasteiger partial charge >= 0.3 is 6.18 Å². The molecule has 0 N–H and O–H groups in total. The van der Waals surface area contributed by atoms with E-state index in [0.29, 0.717) is 15.7 Å². The SMILES string of the molecule is CC(C)N(CC(F)(F)F)c1cc(Br)cc(C#N)c1. The smallest absolute Gasteiger partial charge is 0.360 e. The first-order chi connectivity index (χ1) is 8.23. The van der Waals surface area contributed by atoms with Crippen LogP contribution in [0.1, 0.15) is 19.4 Å². The average molecular weight is 321 g/mol.